The minimum absolute atomic E-state index is 0.0136. The number of amides is 1. The Morgan fingerprint density at radius 1 is 0.968 bits per heavy atom. The topological polar surface area (TPSA) is 72.9 Å². The van der Waals surface area contributed by atoms with Gasteiger partial charge in [0, 0.05) is 23.9 Å². The fourth-order valence-electron chi connectivity index (χ4n) is 3.46. The summed E-state index contributed by atoms with van der Waals surface area (Å²) in [6.07, 6.45) is 0.265. The number of para-hydroxylation sites is 1. The van der Waals surface area contributed by atoms with Gasteiger partial charge in [-0.3, -0.25) is 9.59 Å². The maximum Gasteiger partial charge on any atom is 0.338 e. The van der Waals surface area contributed by atoms with Crippen molar-refractivity contribution in [2.24, 2.45) is 0 Å². The second-order valence-electron chi connectivity index (χ2n) is 7.23. The molecule has 3 aromatic carbocycles. The number of carbonyl (C=O) groups excluding carboxylic acids is 3. The first-order valence-corrected chi connectivity index (χ1v) is 9.88. The zero-order valence-electron chi connectivity index (χ0n) is 17.0. The Morgan fingerprint density at radius 2 is 1.71 bits per heavy atom. The van der Waals surface area contributed by atoms with E-state index >= 15 is 0 Å². The van der Waals surface area contributed by atoms with Gasteiger partial charge in [0.15, 0.2) is 12.4 Å². The summed E-state index contributed by atoms with van der Waals surface area (Å²) in [5.74, 6) is -0.227. The van der Waals surface area contributed by atoms with Crippen molar-refractivity contribution in [2.45, 2.75) is 13.0 Å². The lowest BCUT2D eigenvalue weighted by Gasteiger charge is -2.12. The van der Waals surface area contributed by atoms with Crippen LogP contribution in [0.25, 0.3) is 0 Å². The van der Waals surface area contributed by atoms with Gasteiger partial charge in [-0.15, -0.1) is 0 Å². The van der Waals surface area contributed by atoms with Gasteiger partial charge in [-0.1, -0.05) is 36.4 Å². The summed E-state index contributed by atoms with van der Waals surface area (Å²) in [6, 6.07) is 21.4. The summed E-state index contributed by atoms with van der Waals surface area (Å²) < 4.78 is 11.0. The van der Waals surface area contributed by atoms with Gasteiger partial charge in [0.2, 0.25) is 5.91 Å². The number of hydrogen-bond donors (Lipinski definition) is 0. The highest BCUT2D eigenvalue weighted by atomic mass is 16.5. The Kier molecular flexibility index (Phi) is 5.80. The van der Waals surface area contributed by atoms with Crippen LogP contribution in [-0.4, -0.2) is 31.3 Å². The normalized spacial score (nSPS) is 12.4. The second-order valence-corrected chi connectivity index (χ2v) is 7.23. The number of hydrogen-bond acceptors (Lipinski definition) is 5. The summed E-state index contributed by atoms with van der Waals surface area (Å²) in [4.78, 5) is 38.5. The number of anilines is 1. The van der Waals surface area contributed by atoms with E-state index in [4.69, 9.17) is 9.47 Å². The molecule has 0 N–H and O–H groups in total. The zero-order valence-corrected chi connectivity index (χ0v) is 17.0. The third kappa shape index (κ3) is 4.48. The van der Waals surface area contributed by atoms with Crippen LogP contribution < -0.4 is 9.64 Å². The fraction of sp³-hybridized carbons (Fsp3) is 0.160. The molecule has 0 saturated heterocycles. The van der Waals surface area contributed by atoms with Crippen LogP contribution in [0.15, 0.2) is 72.8 Å². The number of ether oxygens (including phenoxy) is 2. The van der Waals surface area contributed by atoms with E-state index in [1.807, 2.05) is 36.4 Å². The van der Waals surface area contributed by atoms with Gasteiger partial charge >= 0.3 is 5.97 Å². The molecule has 0 radical (unpaired) electrons. The smallest absolute Gasteiger partial charge is 0.338 e. The summed E-state index contributed by atoms with van der Waals surface area (Å²) in [5, 5.41) is 0. The highest BCUT2D eigenvalue weighted by molar-refractivity contribution is 6.04. The van der Waals surface area contributed by atoms with Crippen LogP contribution in [0.3, 0.4) is 0 Å². The lowest BCUT2D eigenvalue weighted by Crippen LogP contribution is -2.20. The van der Waals surface area contributed by atoms with Gasteiger partial charge in [0.05, 0.1) is 12.0 Å². The zero-order chi connectivity index (χ0) is 21.8. The van der Waals surface area contributed by atoms with Crippen LogP contribution in [0, 0.1) is 0 Å². The molecule has 6 heteroatoms. The van der Waals surface area contributed by atoms with Crippen LogP contribution in [0.5, 0.6) is 5.75 Å². The Labute approximate surface area is 180 Å². The van der Waals surface area contributed by atoms with E-state index in [1.165, 1.54) is 0 Å². The van der Waals surface area contributed by atoms with Gasteiger partial charge < -0.3 is 14.4 Å². The molecular weight excluding hydrogens is 394 g/mol. The maximum absolute atomic E-state index is 12.6. The van der Waals surface area contributed by atoms with Gasteiger partial charge in [0.25, 0.3) is 0 Å². The molecule has 3 aromatic rings. The van der Waals surface area contributed by atoms with Gasteiger partial charge in [-0.2, -0.15) is 0 Å². The summed E-state index contributed by atoms with van der Waals surface area (Å²) in [7, 11) is 1.70. The molecular formula is C25H21NO5. The SMILES string of the molecule is CN1C(=O)Cc2cc(C(=O)COC(=O)c3ccccc3COc3ccccc3)ccc21. The van der Waals surface area contributed by atoms with E-state index in [-0.39, 0.29) is 31.3 Å². The van der Waals surface area contributed by atoms with E-state index in [2.05, 4.69) is 0 Å². The van der Waals surface area contributed by atoms with Gasteiger partial charge in [0.1, 0.15) is 12.4 Å². The number of nitrogens with zero attached hydrogens (tertiary/aromatic N) is 1. The highest BCUT2D eigenvalue weighted by Crippen LogP contribution is 2.28. The van der Waals surface area contributed by atoms with E-state index < -0.39 is 5.97 Å². The Morgan fingerprint density at radius 3 is 2.52 bits per heavy atom. The molecule has 0 atom stereocenters. The van der Waals surface area contributed by atoms with Crippen LogP contribution in [0.1, 0.15) is 31.8 Å². The van der Waals surface area contributed by atoms with Crippen LogP contribution >= 0.6 is 0 Å². The molecule has 1 aliphatic heterocycles. The Bertz CT molecular complexity index is 1140. The molecule has 0 bridgehead atoms. The largest absolute Gasteiger partial charge is 0.489 e. The minimum Gasteiger partial charge on any atom is -0.489 e. The molecule has 4 rings (SSSR count). The lowest BCUT2D eigenvalue weighted by molar-refractivity contribution is -0.117. The van der Waals surface area contributed by atoms with E-state index in [9.17, 15) is 14.4 Å². The predicted octanol–water partition coefficient (Wildman–Crippen LogP) is 3.82. The number of fused-ring (bicyclic) bond motifs is 1. The van der Waals surface area contributed by atoms with Gasteiger partial charge in [-0.05, 0) is 42.0 Å². The molecule has 0 aromatic heterocycles. The molecule has 0 spiro atoms. The number of esters is 1. The Balaban J connectivity index is 1.40. The lowest BCUT2D eigenvalue weighted by atomic mass is 10.1. The van der Waals surface area contributed by atoms with Crippen molar-refractivity contribution in [1.82, 2.24) is 0 Å². The first-order valence-electron chi connectivity index (χ1n) is 9.88. The molecule has 1 amide bonds. The van der Waals surface area contributed by atoms with Crippen LogP contribution in [-0.2, 0) is 22.6 Å². The highest BCUT2D eigenvalue weighted by Gasteiger charge is 2.25. The van der Waals surface area contributed by atoms with E-state index in [0.29, 0.717) is 22.4 Å². The number of rotatable bonds is 7. The molecule has 0 unspecified atom stereocenters. The maximum atomic E-state index is 12.6. The second kappa shape index (κ2) is 8.83. The number of Topliss-reactive ketones (excluding diaryl/α,β-unsaturated/α-hetero) is 1. The third-order valence-corrected chi connectivity index (χ3v) is 5.19. The standard InChI is InChI=1S/C25H21NO5/c1-26-22-12-11-17(13-19(22)14-24(26)28)23(27)16-31-25(29)21-10-6-5-7-18(21)15-30-20-8-3-2-4-9-20/h2-13H,14-16H2,1H3. The molecule has 31 heavy (non-hydrogen) atoms. The first kappa shape index (κ1) is 20.3. The molecule has 0 fully saturated rings. The third-order valence-electron chi connectivity index (χ3n) is 5.19. The quantitative estimate of drug-likeness (QED) is 0.433. The van der Waals surface area contributed by atoms with Crippen molar-refractivity contribution < 1.29 is 23.9 Å². The first-order chi connectivity index (χ1) is 15.0. The number of benzene rings is 3. The minimum atomic E-state index is -0.586. The summed E-state index contributed by atoms with van der Waals surface area (Å²) in [6.45, 7) is -0.176. The fourth-order valence-corrected chi connectivity index (χ4v) is 3.46. The number of likely N-dealkylation sites (N-methyl/N-ethyl adjacent to an activating group) is 1. The molecule has 0 aliphatic carbocycles. The van der Waals surface area contributed by atoms with Crippen LogP contribution in [0.4, 0.5) is 5.69 Å². The van der Waals surface area contributed by atoms with E-state index in [0.717, 1.165) is 11.3 Å². The van der Waals surface area contributed by atoms with Crippen molar-refractivity contribution in [1.29, 1.82) is 0 Å². The molecule has 1 aliphatic rings. The average molecular weight is 415 g/mol. The number of ketones is 1. The Hall–Kier alpha value is -3.93. The summed E-state index contributed by atoms with van der Waals surface area (Å²) >= 11 is 0. The van der Waals surface area contributed by atoms with Crippen molar-refractivity contribution in [3.63, 3.8) is 0 Å². The predicted molar refractivity (Wildman–Crippen MR) is 115 cm³/mol. The monoisotopic (exact) mass is 415 g/mol. The van der Waals surface area contributed by atoms with E-state index in [1.54, 1.807) is 48.3 Å². The summed E-state index contributed by atoms with van der Waals surface area (Å²) in [5.41, 5.74) is 3.03. The molecule has 1 heterocycles. The molecule has 0 saturated carbocycles. The molecule has 6 nitrogen and oxygen atoms in total. The van der Waals surface area contributed by atoms with Crippen molar-refractivity contribution in [3.8, 4) is 5.75 Å². The number of carbonyl (C=O) groups is 3. The van der Waals surface area contributed by atoms with Crippen molar-refractivity contribution >= 4 is 23.3 Å². The molecule has 156 valence electrons. The van der Waals surface area contributed by atoms with Crippen LogP contribution in [0.2, 0.25) is 0 Å². The van der Waals surface area contributed by atoms with Crippen molar-refractivity contribution in [3.05, 3.63) is 95.1 Å². The average Bonchev–Trinajstić information content (AvgIpc) is 3.09. The van der Waals surface area contributed by atoms with Crippen molar-refractivity contribution in [2.75, 3.05) is 18.6 Å². The van der Waals surface area contributed by atoms with Gasteiger partial charge in [-0.25, -0.2) is 4.79 Å².